The summed E-state index contributed by atoms with van der Waals surface area (Å²) in [5.74, 6) is 3.38. The lowest BCUT2D eigenvalue weighted by Gasteiger charge is -2.61. The predicted octanol–water partition coefficient (Wildman–Crippen LogP) is 5.21. The lowest BCUT2D eigenvalue weighted by molar-refractivity contribution is -0.123. The second-order valence-corrected chi connectivity index (χ2v) is 11.7. The highest BCUT2D eigenvalue weighted by molar-refractivity contribution is 5.95. The van der Waals surface area contributed by atoms with Gasteiger partial charge in [0.15, 0.2) is 0 Å². The average molecular weight is 438 g/mol. The van der Waals surface area contributed by atoms with Crippen molar-refractivity contribution in [3.63, 3.8) is 0 Å². The Morgan fingerprint density at radius 2 is 1.75 bits per heavy atom. The monoisotopic (exact) mass is 437 g/mol. The van der Waals surface area contributed by atoms with Crippen molar-refractivity contribution in [1.82, 2.24) is 10.4 Å². The number of aliphatic hydroxyl groups is 1. The van der Waals surface area contributed by atoms with Crippen molar-refractivity contribution in [2.45, 2.75) is 84.7 Å². The molecular formula is C27H39N3O2. The normalized spacial score (nSPS) is 43.7. The number of carbonyl (C=O) groups excluding carboxylic acids is 1. The van der Waals surface area contributed by atoms with Crippen LogP contribution in [-0.2, 0) is 0 Å². The Morgan fingerprint density at radius 1 is 1.03 bits per heavy atom. The number of carbonyl (C=O) groups is 1. The fraction of sp³-hybridized carbons (Fsp3) is 0.741. The van der Waals surface area contributed by atoms with Crippen molar-refractivity contribution in [3.8, 4) is 0 Å². The summed E-state index contributed by atoms with van der Waals surface area (Å²) < 4.78 is 0. The zero-order chi connectivity index (χ0) is 22.5. The summed E-state index contributed by atoms with van der Waals surface area (Å²) in [5.41, 5.74) is 5.17. The highest BCUT2D eigenvalue weighted by Crippen LogP contribution is 2.67. The van der Waals surface area contributed by atoms with Gasteiger partial charge in [-0.15, -0.1) is 0 Å². The van der Waals surface area contributed by atoms with Gasteiger partial charge in [-0.3, -0.25) is 9.78 Å². The third-order valence-corrected chi connectivity index (χ3v) is 10.4. The number of fused-ring (bicyclic) bond motifs is 5. The van der Waals surface area contributed by atoms with E-state index in [1.807, 2.05) is 0 Å². The number of rotatable bonds is 3. The molecule has 2 N–H and O–H groups in total. The van der Waals surface area contributed by atoms with E-state index in [1.54, 1.807) is 24.5 Å². The molecule has 0 bridgehead atoms. The third-order valence-electron chi connectivity index (χ3n) is 10.4. The molecule has 4 aliphatic carbocycles. The maximum atomic E-state index is 12.4. The lowest BCUT2D eigenvalue weighted by Crippen LogP contribution is -2.54. The van der Waals surface area contributed by atoms with Crippen molar-refractivity contribution in [2.24, 2.45) is 45.5 Å². The molecule has 1 heterocycles. The molecule has 5 rings (SSSR count). The fourth-order valence-electron chi connectivity index (χ4n) is 8.71. The first kappa shape index (κ1) is 22.1. The first-order valence-corrected chi connectivity index (χ1v) is 12.8. The Labute approximate surface area is 192 Å². The Morgan fingerprint density at radius 3 is 2.53 bits per heavy atom. The Kier molecular flexibility index (Phi) is 5.68. The molecule has 5 heteroatoms. The molecule has 1 aromatic heterocycles. The van der Waals surface area contributed by atoms with E-state index in [4.69, 9.17) is 0 Å². The minimum atomic E-state index is -0.166. The first-order valence-electron chi connectivity index (χ1n) is 12.8. The molecule has 1 aromatic rings. The molecule has 0 aromatic carbocycles. The van der Waals surface area contributed by atoms with Gasteiger partial charge in [-0.1, -0.05) is 13.8 Å². The minimum absolute atomic E-state index is 0.0736. The number of aliphatic hydroxyl groups excluding tert-OH is 1. The van der Waals surface area contributed by atoms with Crippen LogP contribution >= 0.6 is 0 Å². The molecule has 4 aliphatic rings. The summed E-state index contributed by atoms with van der Waals surface area (Å²) in [6.07, 6.45) is 14.1. The Bertz CT molecular complexity index is 886. The number of hydrazone groups is 1. The molecule has 0 saturated heterocycles. The van der Waals surface area contributed by atoms with E-state index in [1.165, 1.54) is 44.9 Å². The van der Waals surface area contributed by atoms with Crippen molar-refractivity contribution in [2.75, 3.05) is 0 Å². The quantitative estimate of drug-likeness (QED) is 0.504. The molecule has 4 saturated carbocycles. The first-order chi connectivity index (χ1) is 15.3. The number of nitrogens with zero attached hydrogens (tertiary/aromatic N) is 2. The molecular weight excluding hydrogens is 398 g/mol. The number of nitrogens with one attached hydrogen (secondary N) is 1. The maximum absolute atomic E-state index is 12.4. The number of aromatic nitrogens is 1. The number of hydrogen-bond donors (Lipinski definition) is 2. The van der Waals surface area contributed by atoms with Gasteiger partial charge in [0, 0.05) is 29.6 Å². The Balaban J connectivity index is 1.31. The van der Waals surface area contributed by atoms with Crippen molar-refractivity contribution in [1.29, 1.82) is 0 Å². The van der Waals surface area contributed by atoms with Gasteiger partial charge in [0.05, 0.1) is 6.10 Å². The van der Waals surface area contributed by atoms with Gasteiger partial charge < -0.3 is 5.11 Å². The zero-order valence-electron chi connectivity index (χ0n) is 19.9. The van der Waals surface area contributed by atoms with Crippen LogP contribution in [0.3, 0.4) is 0 Å². The summed E-state index contributed by atoms with van der Waals surface area (Å²) in [6, 6.07) is 3.44. The van der Waals surface area contributed by atoms with E-state index in [9.17, 15) is 9.90 Å². The van der Waals surface area contributed by atoms with Gasteiger partial charge in [0.25, 0.3) is 5.91 Å². The summed E-state index contributed by atoms with van der Waals surface area (Å²) in [6.45, 7) is 7.17. The van der Waals surface area contributed by atoms with Gasteiger partial charge in [-0.2, -0.15) is 5.10 Å². The standard InChI is InChI=1S/C27H39N3O2/c1-17(29-30-25(32)18-10-14-28-15-11-18)22-6-7-23-21-5-4-19-16-20(31)8-12-26(19,2)24(21)9-13-27(22,23)3/h10-11,14-15,19-24,31H,4-9,12-13,16H2,1-3H3,(H,30,32)/b29-17+/t19-,20-,21-,22-,23+,24+,26-,27+/m0/s1. The molecule has 0 radical (unpaired) electrons. The maximum Gasteiger partial charge on any atom is 0.271 e. The minimum Gasteiger partial charge on any atom is -0.393 e. The van der Waals surface area contributed by atoms with E-state index in [0.29, 0.717) is 22.8 Å². The lowest BCUT2D eigenvalue weighted by atomic mass is 9.44. The number of pyridine rings is 1. The second-order valence-electron chi connectivity index (χ2n) is 11.7. The topological polar surface area (TPSA) is 74.6 Å². The Hall–Kier alpha value is -1.75. The number of amides is 1. The van der Waals surface area contributed by atoms with Gasteiger partial charge >= 0.3 is 0 Å². The molecule has 0 spiro atoms. The molecule has 4 fully saturated rings. The van der Waals surface area contributed by atoms with Crippen LogP contribution in [0.1, 0.15) is 88.9 Å². The third kappa shape index (κ3) is 3.52. The van der Waals surface area contributed by atoms with Crippen LogP contribution in [0.2, 0.25) is 0 Å². The SMILES string of the molecule is C/C(=N\NC(=O)c1ccncc1)[C@@H]1CC[C@@H]2[C@@H]3CC[C@H]4C[C@@H](O)CC[C@]4(C)[C@@H]3CC[C@@]21C. The van der Waals surface area contributed by atoms with Crippen LogP contribution < -0.4 is 5.43 Å². The molecule has 0 unspecified atom stereocenters. The fourth-order valence-corrected chi connectivity index (χ4v) is 8.71. The van der Waals surface area contributed by atoms with Crippen LogP contribution in [0.15, 0.2) is 29.6 Å². The molecule has 0 aliphatic heterocycles. The van der Waals surface area contributed by atoms with E-state index in [0.717, 1.165) is 36.3 Å². The van der Waals surface area contributed by atoms with Gasteiger partial charge in [0.2, 0.25) is 0 Å². The molecule has 174 valence electrons. The molecule has 5 nitrogen and oxygen atoms in total. The van der Waals surface area contributed by atoms with Crippen LogP contribution in [0.25, 0.3) is 0 Å². The predicted molar refractivity (Wildman–Crippen MR) is 126 cm³/mol. The summed E-state index contributed by atoms with van der Waals surface area (Å²) in [7, 11) is 0. The molecule has 8 atom stereocenters. The van der Waals surface area contributed by atoms with Gasteiger partial charge in [-0.25, -0.2) is 5.43 Å². The summed E-state index contributed by atoms with van der Waals surface area (Å²) >= 11 is 0. The van der Waals surface area contributed by atoms with E-state index >= 15 is 0 Å². The van der Waals surface area contributed by atoms with Crippen LogP contribution in [0, 0.1) is 40.4 Å². The van der Waals surface area contributed by atoms with Gasteiger partial charge in [-0.05, 0) is 111 Å². The second kappa shape index (κ2) is 8.23. The van der Waals surface area contributed by atoms with E-state index in [-0.39, 0.29) is 17.4 Å². The highest BCUT2D eigenvalue weighted by atomic mass is 16.3. The van der Waals surface area contributed by atoms with E-state index in [2.05, 4.69) is 36.3 Å². The molecule has 32 heavy (non-hydrogen) atoms. The zero-order valence-corrected chi connectivity index (χ0v) is 19.9. The number of hydrogen-bond acceptors (Lipinski definition) is 4. The van der Waals surface area contributed by atoms with Crippen molar-refractivity contribution >= 4 is 11.6 Å². The van der Waals surface area contributed by atoms with Crippen LogP contribution in [-0.4, -0.2) is 27.8 Å². The van der Waals surface area contributed by atoms with Crippen LogP contribution in [0.5, 0.6) is 0 Å². The largest absolute Gasteiger partial charge is 0.393 e. The summed E-state index contributed by atoms with van der Waals surface area (Å²) in [5, 5.41) is 14.8. The molecule has 1 amide bonds. The average Bonchev–Trinajstić information content (AvgIpc) is 3.15. The van der Waals surface area contributed by atoms with Crippen LogP contribution in [0.4, 0.5) is 0 Å². The highest BCUT2D eigenvalue weighted by Gasteiger charge is 2.60. The van der Waals surface area contributed by atoms with E-state index < -0.39 is 0 Å². The van der Waals surface area contributed by atoms with Crippen molar-refractivity contribution in [3.05, 3.63) is 30.1 Å². The smallest absolute Gasteiger partial charge is 0.271 e. The van der Waals surface area contributed by atoms with Crippen molar-refractivity contribution < 1.29 is 9.90 Å². The van der Waals surface area contributed by atoms with Gasteiger partial charge in [0.1, 0.15) is 0 Å². The summed E-state index contributed by atoms with van der Waals surface area (Å²) in [4.78, 5) is 16.4.